The molecule has 2 aromatic heterocycles. The zero-order valence-electron chi connectivity index (χ0n) is 13.9. The van der Waals surface area contributed by atoms with E-state index in [0.29, 0.717) is 33.7 Å². The minimum absolute atomic E-state index is 0.230. The van der Waals surface area contributed by atoms with E-state index >= 15 is 0 Å². The van der Waals surface area contributed by atoms with Crippen molar-refractivity contribution in [2.75, 3.05) is 5.32 Å². The van der Waals surface area contributed by atoms with Crippen molar-refractivity contribution < 1.29 is 9.32 Å². The van der Waals surface area contributed by atoms with Crippen LogP contribution in [0.25, 0.3) is 0 Å². The lowest BCUT2D eigenvalue weighted by Gasteiger charge is -2.07. The van der Waals surface area contributed by atoms with Crippen LogP contribution >= 0.6 is 23.2 Å². The van der Waals surface area contributed by atoms with Crippen LogP contribution in [0.3, 0.4) is 0 Å². The fraction of sp³-hybridized carbons (Fsp3) is 0.235. The monoisotopic (exact) mass is 378 g/mol. The zero-order valence-corrected chi connectivity index (χ0v) is 15.4. The highest BCUT2D eigenvalue weighted by atomic mass is 35.5. The number of carbonyl (C=O) groups excluding carboxylic acids is 1. The van der Waals surface area contributed by atoms with Crippen LogP contribution in [0, 0.1) is 20.8 Å². The van der Waals surface area contributed by atoms with Crippen molar-refractivity contribution >= 4 is 34.8 Å². The van der Waals surface area contributed by atoms with Gasteiger partial charge in [-0.25, -0.2) is 0 Å². The SMILES string of the molecule is Cc1cc(C(=O)Nc2c(C)nn(Cc3ccc(Cl)c(Cl)c3)c2C)no1. The van der Waals surface area contributed by atoms with E-state index < -0.39 is 0 Å². The van der Waals surface area contributed by atoms with Crippen LogP contribution in [0.1, 0.15) is 33.2 Å². The van der Waals surface area contributed by atoms with Gasteiger partial charge in [0.25, 0.3) is 5.91 Å². The molecule has 0 bridgehead atoms. The molecular weight excluding hydrogens is 363 g/mol. The molecule has 8 heteroatoms. The lowest BCUT2D eigenvalue weighted by Crippen LogP contribution is -2.13. The van der Waals surface area contributed by atoms with Gasteiger partial charge in [0, 0.05) is 6.07 Å². The maximum Gasteiger partial charge on any atom is 0.277 e. The van der Waals surface area contributed by atoms with E-state index in [2.05, 4.69) is 15.6 Å². The van der Waals surface area contributed by atoms with Crippen molar-refractivity contribution in [3.8, 4) is 0 Å². The summed E-state index contributed by atoms with van der Waals surface area (Å²) in [7, 11) is 0. The van der Waals surface area contributed by atoms with Crippen LogP contribution in [0.15, 0.2) is 28.8 Å². The smallest absolute Gasteiger partial charge is 0.277 e. The Hall–Kier alpha value is -2.31. The number of benzene rings is 1. The first-order valence-corrected chi connectivity index (χ1v) is 8.33. The average molecular weight is 379 g/mol. The van der Waals surface area contributed by atoms with Gasteiger partial charge in [0.05, 0.1) is 33.7 Å². The molecular formula is C17H16Cl2N4O2. The first kappa shape index (κ1) is 17.5. The van der Waals surface area contributed by atoms with Crippen LogP contribution in [0.2, 0.25) is 10.0 Å². The number of halogens is 2. The molecule has 0 aliphatic carbocycles. The summed E-state index contributed by atoms with van der Waals surface area (Å²) < 4.78 is 6.74. The molecule has 0 atom stereocenters. The Bertz CT molecular complexity index is 946. The van der Waals surface area contributed by atoms with Gasteiger partial charge in [-0.2, -0.15) is 5.10 Å². The topological polar surface area (TPSA) is 73.0 Å². The van der Waals surface area contributed by atoms with Crippen LogP contribution in [0.5, 0.6) is 0 Å². The highest BCUT2D eigenvalue weighted by molar-refractivity contribution is 6.42. The van der Waals surface area contributed by atoms with Gasteiger partial charge < -0.3 is 9.84 Å². The largest absolute Gasteiger partial charge is 0.361 e. The minimum atomic E-state index is -0.336. The summed E-state index contributed by atoms with van der Waals surface area (Å²) in [5.74, 6) is 0.242. The van der Waals surface area contributed by atoms with Crippen molar-refractivity contribution in [3.05, 3.63) is 62.7 Å². The molecule has 0 fully saturated rings. The Morgan fingerprint density at radius 1 is 1.20 bits per heavy atom. The van der Waals surface area contributed by atoms with Gasteiger partial charge in [-0.15, -0.1) is 0 Å². The van der Waals surface area contributed by atoms with Crippen molar-refractivity contribution in [1.82, 2.24) is 14.9 Å². The van der Waals surface area contributed by atoms with Crippen molar-refractivity contribution in [1.29, 1.82) is 0 Å². The Kier molecular flexibility index (Phi) is 4.83. The maximum absolute atomic E-state index is 12.3. The summed E-state index contributed by atoms with van der Waals surface area (Å²) in [6.45, 7) is 5.97. The summed E-state index contributed by atoms with van der Waals surface area (Å²) in [5, 5.41) is 12.1. The van der Waals surface area contributed by atoms with Gasteiger partial charge in [-0.3, -0.25) is 9.48 Å². The summed E-state index contributed by atoms with van der Waals surface area (Å²) in [4.78, 5) is 12.3. The van der Waals surface area contributed by atoms with E-state index in [9.17, 15) is 4.79 Å². The number of nitrogens with one attached hydrogen (secondary N) is 1. The first-order chi connectivity index (χ1) is 11.8. The predicted molar refractivity (Wildman–Crippen MR) is 96.5 cm³/mol. The number of nitrogens with zero attached hydrogens (tertiary/aromatic N) is 3. The molecule has 3 aromatic rings. The van der Waals surface area contributed by atoms with E-state index in [1.807, 2.05) is 19.9 Å². The van der Waals surface area contributed by atoms with Gasteiger partial charge in [0.2, 0.25) is 0 Å². The Balaban J connectivity index is 1.83. The number of aryl methyl sites for hydroxylation is 2. The van der Waals surface area contributed by atoms with E-state index in [4.69, 9.17) is 27.7 Å². The molecule has 0 radical (unpaired) electrons. The van der Waals surface area contributed by atoms with Crippen LogP contribution in [-0.4, -0.2) is 20.8 Å². The molecule has 6 nitrogen and oxygen atoms in total. The van der Waals surface area contributed by atoms with Gasteiger partial charge in [0.1, 0.15) is 5.76 Å². The van der Waals surface area contributed by atoms with Gasteiger partial charge in [-0.05, 0) is 38.5 Å². The molecule has 1 N–H and O–H groups in total. The molecule has 3 rings (SSSR count). The van der Waals surface area contributed by atoms with Crippen molar-refractivity contribution in [3.63, 3.8) is 0 Å². The van der Waals surface area contributed by atoms with Crippen molar-refractivity contribution in [2.24, 2.45) is 0 Å². The van der Waals surface area contributed by atoms with Gasteiger partial charge in [0.15, 0.2) is 5.69 Å². The van der Waals surface area contributed by atoms with E-state index in [0.717, 1.165) is 11.3 Å². The highest BCUT2D eigenvalue weighted by Gasteiger charge is 2.17. The third kappa shape index (κ3) is 3.70. The summed E-state index contributed by atoms with van der Waals surface area (Å²) >= 11 is 12.0. The first-order valence-electron chi connectivity index (χ1n) is 7.57. The molecule has 0 unspecified atom stereocenters. The molecule has 0 spiro atoms. The van der Waals surface area contributed by atoms with Crippen LogP contribution < -0.4 is 5.32 Å². The quantitative estimate of drug-likeness (QED) is 0.729. The number of aromatic nitrogens is 3. The Morgan fingerprint density at radius 3 is 2.60 bits per heavy atom. The lowest BCUT2D eigenvalue weighted by atomic mass is 10.2. The number of amides is 1. The third-order valence-corrected chi connectivity index (χ3v) is 4.54. The minimum Gasteiger partial charge on any atom is -0.361 e. The van der Waals surface area contributed by atoms with E-state index in [1.54, 1.807) is 29.8 Å². The second-order valence-corrected chi connectivity index (χ2v) is 6.54. The number of carbonyl (C=O) groups is 1. The number of rotatable bonds is 4. The van der Waals surface area contributed by atoms with Gasteiger partial charge >= 0.3 is 0 Å². The van der Waals surface area contributed by atoms with Crippen LogP contribution in [0.4, 0.5) is 5.69 Å². The summed E-state index contributed by atoms with van der Waals surface area (Å²) in [6.07, 6.45) is 0. The van der Waals surface area contributed by atoms with Crippen molar-refractivity contribution in [2.45, 2.75) is 27.3 Å². The molecule has 0 aliphatic heterocycles. The lowest BCUT2D eigenvalue weighted by molar-refractivity contribution is 0.101. The number of hydrogen-bond acceptors (Lipinski definition) is 4. The zero-order chi connectivity index (χ0) is 18.1. The number of anilines is 1. The average Bonchev–Trinajstić information content (AvgIpc) is 3.10. The highest BCUT2D eigenvalue weighted by Crippen LogP contribution is 2.25. The number of hydrogen-bond donors (Lipinski definition) is 1. The molecule has 25 heavy (non-hydrogen) atoms. The molecule has 0 saturated carbocycles. The normalized spacial score (nSPS) is 10.9. The molecule has 130 valence electrons. The summed E-state index contributed by atoms with van der Waals surface area (Å²) in [5.41, 5.74) is 3.40. The maximum atomic E-state index is 12.3. The summed E-state index contributed by atoms with van der Waals surface area (Å²) in [6, 6.07) is 7.03. The molecule has 0 saturated heterocycles. The third-order valence-electron chi connectivity index (χ3n) is 3.80. The molecule has 0 aliphatic rings. The second-order valence-electron chi connectivity index (χ2n) is 5.73. The Labute approximate surface area is 154 Å². The standard InChI is InChI=1S/C17H16Cl2N4O2/c1-9-6-15(22-25-9)17(24)20-16-10(2)21-23(11(16)3)8-12-4-5-13(18)14(19)7-12/h4-7H,8H2,1-3H3,(H,20,24). The fourth-order valence-electron chi connectivity index (χ4n) is 2.49. The Morgan fingerprint density at radius 2 is 1.96 bits per heavy atom. The van der Waals surface area contributed by atoms with E-state index in [-0.39, 0.29) is 11.6 Å². The molecule has 1 aromatic carbocycles. The predicted octanol–water partition coefficient (Wildman–Crippen LogP) is 4.40. The van der Waals surface area contributed by atoms with Gasteiger partial charge in [-0.1, -0.05) is 34.4 Å². The van der Waals surface area contributed by atoms with Crippen LogP contribution in [-0.2, 0) is 6.54 Å². The molecule has 2 heterocycles. The second kappa shape index (κ2) is 6.90. The van der Waals surface area contributed by atoms with E-state index in [1.165, 1.54) is 0 Å². The fourth-order valence-corrected chi connectivity index (χ4v) is 2.81. The molecule has 1 amide bonds.